The molecule has 1 fully saturated rings. The van der Waals surface area contributed by atoms with E-state index in [1.54, 1.807) is 6.20 Å². The number of piperidine rings is 1. The molecule has 1 aromatic carbocycles. The quantitative estimate of drug-likeness (QED) is 0.647. The molecule has 27 heavy (non-hydrogen) atoms. The van der Waals surface area contributed by atoms with Gasteiger partial charge in [0.05, 0.1) is 11.0 Å². The number of aromatic amines is 1. The highest BCUT2D eigenvalue weighted by Gasteiger charge is 2.20. The number of amides is 1. The van der Waals surface area contributed by atoms with Gasteiger partial charge in [0.1, 0.15) is 5.69 Å². The number of rotatable bonds is 6. The summed E-state index contributed by atoms with van der Waals surface area (Å²) >= 11 is 0. The predicted octanol–water partition coefficient (Wildman–Crippen LogP) is 4.10. The molecule has 0 radical (unpaired) electrons. The molecule has 0 aliphatic carbocycles. The van der Waals surface area contributed by atoms with Gasteiger partial charge in [-0.15, -0.1) is 0 Å². The molecule has 0 bridgehead atoms. The number of aromatic nitrogens is 2. The Balaban J connectivity index is 1.36. The van der Waals surface area contributed by atoms with Gasteiger partial charge in [0.25, 0.3) is 5.91 Å². The summed E-state index contributed by atoms with van der Waals surface area (Å²) in [6, 6.07) is 10.7. The fourth-order valence-electron chi connectivity index (χ4n) is 4.26. The summed E-state index contributed by atoms with van der Waals surface area (Å²) in [5.41, 5.74) is 2.44. The molecule has 3 heterocycles. The van der Waals surface area contributed by atoms with Gasteiger partial charge in [-0.05, 0) is 44.4 Å². The highest BCUT2D eigenvalue weighted by Crippen LogP contribution is 2.24. The van der Waals surface area contributed by atoms with Crippen LogP contribution >= 0.6 is 0 Å². The molecule has 4 rings (SSSR count). The number of nitrogens with one attached hydrogen (secondary N) is 2. The van der Waals surface area contributed by atoms with Crippen LogP contribution in [-0.4, -0.2) is 46.5 Å². The average Bonchev–Trinajstić information content (AvgIpc) is 3.16. The molecule has 3 aromatic rings. The maximum Gasteiger partial charge on any atom is 0.267 e. The summed E-state index contributed by atoms with van der Waals surface area (Å²) in [6.07, 6.45) is 7.98. The fourth-order valence-corrected chi connectivity index (χ4v) is 4.26. The second-order valence-electron chi connectivity index (χ2n) is 7.49. The lowest BCUT2D eigenvalue weighted by atomic mass is 10.00. The largest absolute Gasteiger partial charge is 0.351 e. The van der Waals surface area contributed by atoms with Crippen molar-refractivity contribution in [1.29, 1.82) is 0 Å². The lowest BCUT2D eigenvalue weighted by molar-refractivity contribution is 0.0943. The minimum Gasteiger partial charge on any atom is -0.351 e. The Morgan fingerprint density at radius 2 is 2.19 bits per heavy atom. The lowest BCUT2D eigenvalue weighted by Gasteiger charge is -2.35. The Morgan fingerprint density at radius 1 is 1.30 bits per heavy atom. The summed E-state index contributed by atoms with van der Waals surface area (Å²) in [7, 11) is 0. The predicted molar refractivity (Wildman–Crippen MR) is 110 cm³/mol. The number of carbonyl (C=O) groups excluding carboxylic acids is 1. The number of hydrogen-bond acceptors (Lipinski definition) is 3. The van der Waals surface area contributed by atoms with E-state index in [9.17, 15) is 4.79 Å². The van der Waals surface area contributed by atoms with Crippen molar-refractivity contribution in [3.63, 3.8) is 0 Å². The Labute approximate surface area is 160 Å². The number of likely N-dealkylation sites (tertiary alicyclic amines) is 1. The number of nitrogens with zero attached hydrogens (tertiary/aromatic N) is 2. The van der Waals surface area contributed by atoms with Gasteiger partial charge >= 0.3 is 0 Å². The van der Waals surface area contributed by atoms with Crippen LogP contribution in [0.3, 0.4) is 0 Å². The van der Waals surface area contributed by atoms with Crippen molar-refractivity contribution in [3.8, 4) is 0 Å². The van der Waals surface area contributed by atoms with Crippen LogP contribution in [0.4, 0.5) is 0 Å². The van der Waals surface area contributed by atoms with Gasteiger partial charge in [-0.3, -0.25) is 9.78 Å². The molecular formula is C22H28N4O. The van der Waals surface area contributed by atoms with Gasteiger partial charge < -0.3 is 15.2 Å². The third-order valence-electron chi connectivity index (χ3n) is 5.74. The van der Waals surface area contributed by atoms with E-state index < -0.39 is 0 Å². The maximum absolute atomic E-state index is 12.5. The molecule has 5 nitrogen and oxygen atoms in total. The van der Waals surface area contributed by atoms with Gasteiger partial charge in [0, 0.05) is 36.1 Å². The van der Waals surface area contributed by atoms with Crippen molar-refractivity contribution in [1.82, 2.24) is 20.2 Å². The zero-order chi connectivity index (χ0) is 18.6. The molecule has 5 heteroatoms. The van der Waals surface area contributed by atoms with Crippen LogP contribution in [0.15, 0.2) is 36.5 Å². The summed E-state index contributed by atoms with van der Waals surface area (Å²) < 4.78 is 0. The van der Waals surface area contributed by atoms with E-state index in [0.29, 0.717) is 12.2 Å². The maximum atomic E-state index is 12.5. The minimum absolute atomic E-state index is 0.0408. The first-order chi connectivity index (χ1) is 13.3. The molecule has 0 spiro atoms. The van der Waals surface area contributed by atoms with Crippen LogP contribution in [0.5, 0.6) is 0 Å². The van der Waals surface area contributed by atoms with Gasteiger partial charge in [-0.2, -0.15) is 0 Å². The van der Waals surface area contributed by atoms with E-state index in [4.69, 9.17) is 0 Å². The van der Waals surface area contributed by atoms with Gasteiger partial charge in [0.2, 0.25) is 0 Å². The first-order valence-electron chi connectivity index (χ1n) is 10.1. The number of fused-ring (bicyclic) bond motifs is 3. The molecule has 1 amide bonds. The summed E-state index contributed by atoms with van der Waals surface area (Å²) in [4.78, 5) is 22.9. The number of H-pyrrole nitrogens is 1. The second-order valence-corrected chi connectivity index (χ2v) is 7.49. The molecule has 1 atom stereocenters. The third-order valence-corrected chi connectivity index (χ3v) is 5.74. The first-order valence-corrected chi connectivity index (χ1v) is 10.1. The number of pyridine rings is 1. The van der Waals surface area contributed by atoms with Crippen LogP contribution in [0, 0.1) is 0 Å². The van der Waals surface area contributed by atoms with Crippen molar-refractivity contribution < 1.29 is 4.79 Å². The highest BCUT2D eigenvalue weighted by molar-refractivity contribution is 6.07. The topological polar surface area (TPSA) is 61.0 Å². The van der Waals surface area contributed by atoms with Gasteiger partial charge in [-0.25, -0.2) is 0 Å². The fraction of sp³-hybridized carbons (Fsp3) is 0.455. The summed E-state index contributed by atoms with van der Waals surface area (Å²) in [5.74, 6) is -0.0408. The smallest absolute Gasteiger partial charge is 0.267 e. The second kappa shape index (κ2) is 8.09. The van der Waals surface area contributed by atoms with Crippen LogP contribution in [0.1, 0.15) is 49.5 Å². The van der Waals surface area contributed by atoms with E-state index >= 15 is 0 Å². The van der Waals surface area contributed by atoms with Crippen molar-refractivity contribution in [3.05, 3.63) is 42.2 Å². The molecule has 1 unspecified atom stereocenters. The van der Waals surface area contributed by atoms with Gasteiger partial charge in [0.15, 0.2) is 0 Å². The third kappa shape index (κ3) is 3.83. The molecular weight excluding hydrogens is 336 g/mol. The summed E-state index contributed by atoms with van der Waals surface area (Å²) in [5, 5.41) is 5.16. The molecule has 0 saturated carbocycles. The molecule has 142 valence electrons. The normalized spacial score (nSPS) is 18.2. The van der Waals surface area contributed by atoms with Crippen molar-refractivity contribution >= 4 is 27.7 Å². The Kier molecular flexibility index (Phi) is 5.39. The van der Waals surface area contributed by atoms with E-state index in [1.165, 1.54) is 32.2 Å². The molecule has 2 aromatic heterocycles. The van der Waals surface area contributed by atoms with Crippen molar-refractivity contribution in [2.75, 3.05) is 19.6 Å². The number of carbonyl (C=O) groups is 1. The van der Waals surface area contributed by atoms with Crippen LogP contribution < -0.4 is 5.32 Å². The first kappa shape index (κ1) is 18.0. The Morgan fingerprint density at radius 3 is 3.07 bits per heavy atom. The van der Waals surface area contributed by atoms with Crippen molar-refractivity contribution in [2.45, 2.75) is 45.1 Å². The Bertz CT molecular complexity index is 932. The van der Waals surface area contributed by atoms with E-state index in [0.717, 1.165) is 40.8 Å². The van der Waals surface area contributed by atoms with Gasteiger partial charge in [-0.1, -0.05) is 31.5 Å². The van der Waals surface area contributed by atoms with Crippen LogP contribution in [0.2, 0.25) is 0 Å². The molecule has 1 aliphatic heterocycles. The average molecular weight is 364 g/mol. The zero-order valence-corrected chi connectivity index (χ0v) is 16.0. The lowest BCUT2D eigenvalue weighted by Crippen LogP contribution is -2.40. The van der Waals surface area contributed by atoms with Crippen LogP contribution in [-0.2, 0) is 0 Å². The highest BCUT2D eigenvalue weighted by atomic mass is 16.1. The SMILES string of the molecule is CCC1CCCCN1CCCNC(=O)c1cc2ccc3cccnc3c2[nH]1. The molecule has 1 aliphatic rings. The van der Waals surface area contributed by atoms with Crippen molar-refractivity contribution in [2.24, 2.45) is 0 Å². The Hall–Kier alpha value is -2.40. The zero-order valence-electron chi connectivity index (χ0n) is 16.0. The molecule has 2 N–H and O–H groups in total. The van der Waals surface area contributed by atoms with E-state index in [1.807, 2.05) is 30.3 Å². The van der Waals surface area contributed by atoms with E-state index in [2.05, 4.69) is 27.1 Å². The molecule has 1 saturated heterocycles. The number of benzene rings is 1. The number of hydrogen-bond donors (Lipinski definition) is 2. The van der Waals surface area contributed by atoms with Crippen LogP contribution in [0.25, 0.3) is 21.8 Å². The standard InChI is InChI=1S/C22H28N4O/c1-2-18-8-3-4-13-26(18)14-6-12-24-22(27)19-15-17-10-9-16-7-5-11-23-20(16)21(17)25-19/h5,7,9-11,15,18,25H,2-4,6,8,12-14H2,1H3,(H,24,27). The minimum atomic E-state index is -0.0408. The van der Waals surface area contributed by atoms with E-state index in [-0.39, 0.29) is 5.91 Å². The summed E-state index contributed by atoms with van der Waals surface area (Å²) in [6.45, 7) is 5.26. The monoisotopic (exact) mass is 364 g/mol.